The van der Waals surface area contributed by atoms with Crippen LogP contribution in [0.15, 0.2) is 96.5 Å². The van der Waals surface area contributed by atoms with E-state index < -0.39 is 0 Å². The van der Waals surface area contributed by atoms with Crippen LogP contribution in [0, 0.1) is 11.7 Å². The highest BCUT2D eigenvalue weighted by molar-refractivity contribution is 6.30. The fourth-order valence-corrected chi connectivity index (χ4v) is 8.17. The minimum absolute atomic E-state index is 0.161. The van der Waals surface area contributed by atoms with Crippen molar-refractivity contribution < 1.29 is 9.13 Å². The van der Waals surface area contributed by atoms with Crippen molar-refractivity contribution in [1.29, 1.82) is 0 Å². The van der Waals surface area contributed by atoms with E-state index in [2.05, 4.69) is 89.7 Å². The van der Waals surface area contributed by atoms with E-state index in [1.54, 1.807) is 6.07 Å². The number of allylic oxidation sites excluding steroid dienone is 7. The van der Waals surface area contributed by atoms with Crippen molar-refractivity contribution in [2.24, 2.45) is 5.92 Å². The first-order valence-electron chi connectivity index (χ1n) is 21.7. The minimum atomic E-state index is -0.341. The highest BCUT2D eigenvalue weighted by Crippen LogP contribution is 2.44. The number of nitrogens with zero attached hydrogens (tertiary/aromatic N) is 1. The Hall–Kier alpha value is -3.30. The lowest BCUT2D eigenvalue weighted by Gasteiger charge is -2.38. The van der Waals surface area contributed by atoms with Crippen molar-refractivity contribution >= 4 is 22.9 Å². The quantitative estimate of drug-likeness (QED) is 0.0737. The Balaban J connectivity index is 1.33. The Labute approximate surface area is 340 Å². The van der Waals surface area contributed by atoms with E-state index in [9.17, 15) is 0 Å². The molecule has 2 nitrogen and oxygen atoms in total. The zero-order valence-electron chi connectivity index (χ0n) is 35.1. The molecule has 0 fully saturated rings. The van der Waals surface area contributed by atoms with Gasteiger partial charge in [0.1, 0.15) is 5.82 Å². The van der Waals surface area contributed by atoms with Gasteiger partial charge in [-0.15, -0.1) is 0 Å². The molecule has 55 heavy (non-hydrogen) atoms. The highest BCUT2D eigenvalue weighted by Gasteiger charge is 2.28. The van der Waals surface area contributed by atoms with Crippen LogP contribution in [-0.4, -0.2) is 12.6 Å². The van der Waals surface area contributed by atoms with Gasteiger partial charge in [0.25, 0.3) is 0 Å². The summed E-state index contributed by atoms with van der Waals surface area (Å²) in [6.45, 7) is 25.6. The standard InChI is InChI=1S/C51H71ClFNO/c1-9-11-12-13-14-15-16-17-18-19-20-23-31-55-39(6)32-44-26-22-21-25-43(44)30-29-38(5)48-36-54(41(8)37(3)4)50-35-42(10-2)46(34-47(50)40(48)7)33-45-27-24-28-49(52)51(45)53/h24-28,34-37,41H,5-7,9-23,29-33H2,1-4,8H3. The molecular formula is C51H71ClFNO. The molecule has 0 spiro atoms. The first-order valence-corrected chi connectivity index (χ1v) is 22.1. The van der Waals surface area contributed by atoms with Crippen LogP contribution >= 0.6 is 11.6 Å². The summed E-state index contributed by atoms with van der Waals surface area (Å²) in [6.07, 6.45) is 29.2. The van der Waals surface area contributed by atoms with Crippen LogP contribution in [0.3, 0.4) is 0 Å². The molecule has 2 aromatic carbocycles. The number of fused-ring (bicyclic) bond motifs is 1. The van der Waals surface area contributed by atoms with Crippen molar-refractivity contribution in [3.05, 3.63) is 130 Å². The average Bonchev–Trinajstić information content (AvgIpc) is 3.17. The molecule has 0 N–H and O–H groups in total. The Morgan fingerprint density at radius 1 is 0.836 bits per heavy atom. The van der Waals surface area contributed by atoms with E-state index >= 15 is 4.39 Å². The summed E-state index contributed by atoms with van der Waals surface area (Å²) < 4.78 is 21.2. The fraction of sp³-hybridized carbons (Fsp3) is 0.529. The summed E-state index contributed by atoms with van der Waals surface area (Å²) >= 11 is 6.18. The van der Waals surface area contributed by atoms with Crippen LogP contribution in [-0.2, 0) is 17.6 Å². The van der Waals surface area contributed by atoms with Crippen molar-refractivity contribution in [3.8, 4) is 0 Å². The van der Waals surface area contributed by atoms with E-state index in [-0.39, 0.29) is 16.9 Å². The van der Waals surface area contributed by atoms with Gasteiger partial charge in [0.05, 0.1) is 17.4 Å². The second kappa shape index (κ2) is 23.1. The average molecular weight is 769 g/mol. The molecule has 4 rings (SSSR count). The summed E-state index contributed by atoms with van der Waals surface area (Å²) in [5.74, 6) is 0.969. The molecule has 1 aliphatic heterocycles. The molecule has 1 unspecified atom stereocenters. The lowest BCUT2D eigenvalue weighted by molar-refractivity contribution is 0.201. The maximum Gasteiger partial charge on any atom is 0.145 e. The van der Waals surface area contributed by atoms with E-state index in [0.29, 0.717) is 17.9 Å². The summed E-state index contributed by atoms with van der Waals surface area (Å²) in [5, 5.41) is 0.161. The molecule has 0 bridgehead atoms. The molecule has 0 radical (unpaired) electrons. The first-order chi connectivity index (χ1) is 26.5. The number of benzene rings is 2. The Morgan fingerprint density at radius 2 is 1.47 bits per heavy atom. The van der Waals surface area contributed by atoms with Crippen molar-refractivity contribution in [3.63, 3.8) is 0 Å². The summed E-state index contributed by atoms with van der Waals surface area (Å²) in [7, 11) is 0. The zero-order valence-corrected chi connectivity index (χ0v) is 35.9. The number of anilines is 1. The monoisotopic (exact) mass is 768 g/mol. The van der Waals surface area contributed by atoms with Crippen molar-refractivity contribution in [1.82, 2.24) is 0 Å². The van der Waals surface area contributed by atoms with Gasteiger partial charge in [0, 0.05) is 41.9 Å². The Morgan fingerprint density at radius 3 is 2.11 bits per heavy atom. The van der Waals surface area contributed by atoms with Gasteiger partial charge in [-0.05, 0) is 109 Å². The molecule has 0 aromatic heterocycles. The maximum absolute atomic E-state index is 15.1. The second-order valence-electron chi connectivity index (χ2n) is 16.4. The third-order valence-corrected chi connectivity index (χ3v) is 12.1. The van der Waals surface area contributed by atoms with Crippen LogP contribution in [0.2, 0.25) is 5.02 Å². The van der Waals surface area contributed by atoms with Gasteiger partial charge in [-0.25, -0.2) is 4.39 Å². The van der Waals surface area contributed by atoms with Crippen LogP contribution in [0.5, 0.6) is 0 Å². The highest BCUT2D eigenvalue weighted by atomic mass is 35.5. The molecule has 300 valence electrons. The van der Waals surface area contributed by atoms with E-state index in [4.69, 9.17) is 16.3 Å². The van der Waals surface area contributed by atoms with Crippen LogP contribution in [0.1, 0.15) is 166 Å². The lowest BCUT2D eigenvalue weighted by Crippen LogP contribution is -2.35. The van der Waals surface area contributed by atoms with Gasteiger partial charge >= 0.3 is 0 Å². The van der Waals surface area contributed by atoms with Crippen molar-refractivity contribution in [2.75, 3.05) is 11.5 Å². The molecule has 2 aliphatic rings. The third-order valence-electron chi connectivity index (χ3n) is 11.8. The summed E-state index contributed by atoms with van der Waals surface area (Å²) in [4.78, 5) is 2.42. The smallest absolute Gasteiger partial charge is 0.145 e. The number of hydrogen-bond acceptors (Lipinski definition) is 2. The third kappa shape index (κ3) is 13.1. The van der Waals surface area contributed by atoms with Gasteiger partial charge in [-0.1, -0.05) is 154 Å². The minimum Gasteiger partial charge on any atom is -0.498 e. The van der Waals surface area contributed by atoms with E-state index in [0.717, 1.165) is 90.8 Å². The van der Waals surface area contributed by atoms with E-state index in [1.807, 2.05) is 12.1 Å². The largest absolute Gasteiger partial charge is 0.498 e. The number of unbranched alkanes of at least 4 members (excludes halogenated alkanes) is 11. The van der Waals surface area contributed by atoms with Crippen LogP contribution in [0.4, 0.5) is 10.1 Å². The molecule has 1 heterocycles. The lowest BCUT2D eigenvalue weighted by atomic mass is 9.83. The topological polar surface area (TPSA) is 12.5 Å². The molecule has 1 atom stereocenters. The molecule has 1 aliphatic carbocycles. The number of aryl methyl sites for hydroxylation is 1. The Bertz CT molecular complexity index is 1690. The fourth-order valence-electron chi connectivity index (χ4n) is 7.98. The van der Waals surface area contributed by atoms with Crippen molar-refractivity contribution in [2.45, 2.75) is 163 Å². The van der Waals surface area contributed by atoms with Gasteiger partial charge < -0.3 is 9.64 Å². The van der Waals surface area contributed by atoms with Gasteiger partial charge in [-0.3, -0.25) is 0 Å². The maximum atomic E-state index is 15.1. The molecule has 0 amide bonds. The van der Waals surface area contributed by atoms with Gasteiger partial charge in [0.2, 0.25) is 0 Å². The SMILES string of the molecule is C=C(CC1=CCCC=C1CCC(=C)C1=CN(C(C)C(C)C)c2cc(CC)c(Cc3cccc(Cl)c3F)cc2C1=C)OCCCCCCCCCCCCCC. The normalized spacial score (nSPS) is 14.7. The predicted octanol–water partition coefficient (Wildman–Crippen LogP) is 16.0. The molecule has 4 heteroatoms. The number of halogens is 2. The summed E-state index contributed by atoms with van der Waals surface area (Å²) in [6, 6.07) is 10.1. The molecule has 2 aromatic rings. The first kappa shape index (κ1) is 44.4. The predicted molar refractivity (Wildman–Crippen MR) is 238 cm³/mol. The van der Waals surface area contributed by atoms with E-state index in [1.165, 1.54) is 87.3 Å². The van der Waals surface area contributed by atoms with Gasteiger partial charge in [0.15, 0.2) is 0 Å². The second-order valence-corrected chi connectivity index (χ2v) is 16.8. The zero-order chi connectivity index (χ0) is 39.7. The van der Waals surface area contributed by atoms with Gasteiger partial charge in [-0.2, -0.15) is 0 Å². The Kier molecular flexibility index (Phi) is 18.6. The summed E-state index contributed by atoms with van der Waals surface area (Å²) in [5.41, 5.74) is 11.1. The number of hydrogen-bond donors (Lipinski definition) is 0. The van der Waals surface area contributed by atoms with Crippen LogP contribution in [0.25, 0.3) is 5.57 Å². The molecule has 0 saturated heterocycles. The van der Waals surface area contributed by atoms with Crippen LogP contribution < -0.4 is 4.90 Å². The number of ether oxygens (including phenoxy) is 1. The number of rotatable bonds is 25. The molecule has 0 saturated carbocycles. The molecular weight excluding hydrogens is 697 g/mol.